The highest BCUT2D eigenvalue weighted by molar-refractivity contribution is 5.89. The fourth-order valence-electron chi connectivity index (χ4n) is 4.13. The van der Waals surface area contributed by atoms with Gasteiger partial charge in [-0.2, -0.15) is 0 Å². The molecule has 0 aliphatic carbocycles. The first-order chi connectivity index (χ1) is 15.5. The smallest absolute Gasteiger partial charge is 0.319 e. The molecule has 1 fully saturated rings. The molecule has 1 aromatic heterocycles. The van der Waals surface area contributed by atoms with Crippen molar-refractivity contribution in [2.75, 3.05) is 32.1 Å². The van der Waals surface area contributed by atoms with Gasteiger partial charge in [0.15, 0.2) is 0 Å². The Bertz CT molecular complexity index is 1110. The molecule has 0 spiro atoms. The van der Waals surface area contributed by atoms with Crippen LogP contribution in [0.1, 0.15) is 12.8 Å². The molecule has 1 aliphatic heterocycles. The Kier molecular flexibility index (Phi) is 6.58. The van der Waals surface area contributed by atoms with E-state index in [4.69, 9.17) is 4.74 Å². The van der Waals surface area contributed by atoms with Crippen LogP contribution in [0.5, 0.6) is 5.75 Å². The molecule has 4 rings (SSSR count). The van der Waals surface area contributed by atoms with Gasteiger partial charge in [0.2, 0.25) is 5.91 Å². The van der Waals surface area contributed by atoms with E-state index in [0.717, 1.165) is 36.0 Å². The highest BCUT2D eigenvalue weighted by Crippen LogP contribution is 2.23. The molecule has 1 saturated heterocycles. The minimum absolute atomic E-state index is 0.0623. The van der Waals surface area contributed by atoms with Crippen molar-refractivity contribution in [3.05, 3.63) is 60.5 Å². The predicted octanol–water partition coefficient (Wildman–Crippen LogP) is 3.85. The molecule has 0 radical (unpaired) electrons. The third kappa shape index (κ3) is 5.19. The molecular weight excluding hydrogens is 411 g/mol. The maximum Gasteiger partial charge on any atom is 0.319 e. The lowest BCUT2D eigenvalue weighted by Crippen LogP contribution is -2.45. The number of piperidine rings is 1. The molecule has 2 aromatic carbocycles. The van der Waals surface area contributed by atoms with Gasteiger partial charge in [0.1, 0.15) is 18.1 Å². The Balaban J connectivity index is 1.29. The number of amides is 3. The van der Waals surface area contributed by atoms with Gasteiger partial charge in [-0.1, -0.05) is 6.07 Å². The summed E-state index contributed by atoms with van der Waals surface area (Å²) in [7, 11) is 1.63. The summed E-state index contributed by atoms with van der Waals surface area (Å²) >= 11 is 0. The first-order valence-corrected chi connectivity index (χ1v) is 10.7. The van der Waals surface area contributed by atoms with E-state index in [1.54, 1.807) is 19.2 Å². The highest BCUT2D eigenvalue weighted by atomic mass is 19.1. The Labute approximate surface area is 186 Å². The molecule has 168 valence electrons. The van der Waals surface area contributed by atoms with Gasteiger partial charge in [-0.15, -0.1) is 0 Å². The number of benzene rings is 2. The van der Waals surface area contributed by atoms with Crippen LogP contribution in [0.3, 0.4) is 0 Å². The van der Waals surface area contributed by atoms with Gasteiger partial charge >= 0.3 is 6.03 Å². The number of nitrogens with zero attached hydrogens (tertiary/aromatic N) is 2. The van der Waals surface area contributed by atoms with Gasteiger partial charge in [0.05, 0.1) is 7.11 Å². The molecule has 3 aromatic rings. The van der Waals surface area contributed by atoms with Gasteiger partial charge in [-0.05, 0) is 61.2 Å². The van der Waals surface area contributed by atoms with E-state index in [2.05, 4.69) is 10.6 Å². The predicted molar refractivity (Wildman–Crippen MR) is 121 cm³/mol. The summed E-state index contributed by atoms with van der Waals surface area (Å²) in [5.74, 6) is 0.622. The SMILES string of the molecule is COc1ccc2c(ccn2CC(=O)N2CCCC(CNC(=O)Nc3cccc(F)c3)C2)c1. The van der Waals surface area contributed by atoms with Gasteiger partial charge < -0.3 is 24.8 Å². The van der Waals surface area contributed by atoms with Crippen molar-refractivity contribution in [1.29, 1.82) is 0 Å². The number of anilines is 1. The van der Waals surface area contributed by atoms with Crippen molar-refractivity contribution in [3.8, 4) is 5.75 Å². The Morgan fingerprint density at radius 1 is 1.19 bits per heavy atom. The van der Waals surface area contributed by atoms with Gasteiger partial charge in [0.25, 0.3) is 0 Å². The van der Waals surface area contributed by atoms with Crippen LogP contribution >= 0.6 is 0 Å². The largest absolute Gasteiger partial charge is 0.497 e. The monoisotopic (exact) mass is 438 g/mol. The van der Waals surface area contributed by atoms with Crippen molar-refractivity contribution in [2.45, 2.75) is 19.4 Å². The van der Waals surface area contributed by atoms with E-state index in [-0.39, 0.29) is 24.4 Å². The lowest BCUT2D eigenvalue weighted by Gasteiger charge is -2.33. The molecule has 2 heterocycles. The van der Waals surface area contributed by atoms with E-state index in [0.29, 0.717) is 18.8 Å². The van der Waals surface area contributed by atoms with Gasteiger partial charge in [-0.25, -0.2) is 9.18 Å². The molecule has 1 unspecified atom stereocenters. The Morgan fingerprint density at radius 2 is 2.06 bits per heavy atom. The maximum atomic E-state index is 13.3. The summed E-state index contributed by atoms with van der Waals surface area (Å²) in [5.41, 5.74) is 1.39. The number of rotatable bonds is 6. The van der Waals surface area contributed by atoms with E-state index >= 15 is 0 Å². The summed E-state index contributed by atoms with van der Waals surface area (Å²) in [6.07, 6.45) is 3.76. The summed E-state index contributed by atoms with van der Waals surface area (Å²) in [6, 6.07) is 13.2. The Hall–Kier alpha value is -3.55. The topological polar surface area (TPSA) is 75.6 Å². The summed E-state index contributed by atoms with van der Waals surface area (Å²) < 4.78 is 20.5. The van der Waals surface area contributed by atoms with E-state index in [9.17, 15) is 14.0 Å². The van der Waals surface area contributed by atoms with Crippen LogP contribution in [0.15, 0.2) is 54.7 Å². The van der Waals surface area contributed by atoms with Crippen molar-refractivity contribution in [2.24, 2.45) is 5.92 Å². The maximum absolute atomic E-state index is 13.3. The van der Waals surface area contributed by atoms with Gasteiger partial charge in [0, 0.05) is 42.4 Å². The second kappa shape index (κ2) is 9.72. The average Bonchev–Trinajstić information content (AvgIpc) is 3.19. The molecule has 1 atom stereocenters. The van der Waals surface area contributed by atoms with Crippen LogP contribution in [0.2, 0.25) is 0 Å². The number of nitrogens with one attached hydrogen (secondary N) is 2. The van der Waals surface area contributed by atoms with E-state index in [1.165, 1.54) is 12.1 Å². The molecule has 0 bridgehead atoms. The minimum atomic E-state index is -0.404. The van der Waals surface area contributed by atoms with Crippen LogP contribution in [0, 0.1) is 11.7 Å². The molecule has 8 heteroatoms. The van der Waals surface area contributed by atoms with Crippen LogP contribution in [-0.4, -0.2) is 48.1 Å². The molecule has 7 nitrogen and oxygen atoms in total. The quantitative estimate of drug-likeness (QED) is 0.614. The Morgan fingerprint density at radius 3 is 2.88 bits per heavy atom. The lowest BCUT2D eigenvalue weighted by atomic mass is 9.98. The van der Waals surface area contributed by atoms with E-state index in [1.807, 2.05) is 39.9 Å². The molecular formula is C24H27FN4O3. The number of hydrogen-bond acceptors (Lipinski definition) is 3. The molecule has 32 heavy (non-hydrogen) atoms. The van der Waals surface area contributed by atoms with Crippen LogP contribution < -0.4 is 15.4 Å². The third-order valence-corrected chi connectivity index (χ3v) is 5.79. The lowest BCUT2D eigenvalue weighted by molar-refractivity contribution is -0.133. The standard InChI is InChI=1S/C24H27FN4O3/c1-32-21-7-8-22-18(12-21)9-11-28(22)16-23(30)29-10-3-4-17(15-29)14-26-24(31)27-20-6-2-5-19(25)13-20/h2,5-9,11-13,17H,3-4,10,14-16H2,1H3,(H2,26,27,31). The highest BCUT2D eigenvalue weighted by Gasteiger charge is 2.24. The number of methoxy groups -OCH3 is 1. The first-order valence-electron chi connectivity index (χ1n) is 10.7. The number of hydrogen-bond donors (Lipinski definition) is 2. The number of likely N-dealkylation sites (tertiary alicyclic amines) is 1. The van der Waals surface area contributed by atoms with Crippen LogP contribution in [0.25, 0.3) is 10.9 Å². The number of aromatic nitrogens is 1. The minimum Gasteiger partial charge on any atom is -0.497 e. The van der Waals surface area contributed by atoms with Gasteiger partial charge in [-0.3, -0.25) is 4.79 Å². The number of urea groups is 1. The molecule has 2 N–H and O–H groups in total. The second-order valence-corrected chi connectivity index (χ2v) is 8.06. The van der Waals surface area contributed by atoms with Crippen molar-refractivity contribution < 1.29 is 18.7 Å². The average molecular weight is 439 g/mol. The number of carbonyl (C=O) groups excluding carboxylic acids is 2. The van der Waals surface area contributed by atoms with Crippen molar-refractivity contribution in [3.63, 3.8) is 0 Å². The van der Waals surface area contributed by atoms with Crippen molar-refractivity contribution in [1.82, 2.24) is 14.8 Å². The van der Waals surface area contributed by atoms with E-state index < -0.39 is 5.82 Å². The molecule has 3 amide bonds. The zero-order valence-corrected chi connectivity index (χ0v) is 18.0. The normalized spacial score (nSPS) is 16.1. The summed E-state index contributed by atoms with van der Waals surface area (Å²) in [6.45, 7) is 2.05. The fraction of sp³-hybridized carbons (Fsp3) is 0.333. The van der Waals surface area contributed by atoms with Crippen LogP contribution in [-0.2, 0) is 11.3 Å². The zero-order chi connectivity index (χ0) is 22.5. The van der Waals surface area contributed by atoms with Crippen molar-refractivity contribution >= 4 is 28.5 Å². The zero-order valence-electron chi connectivity index (χ0n) is 18.0. The number of ether oxygens (including phenoxy) is 1. The molecule has 1 aliphatic rings. The summed E-state index contributed by atoms with van der Waals surface area (Å²) in [5, 5.41) is 6.49. The second-order valence-electron chi connectivity index (χ2n) is 8.06. The third-order valence-electron chi connectivity index (χ3n) is 5.79. The summed E-state index contributed by atoms with van der Waals surface area (Å²) in [4.78, 5) is 26.9. The number of halogens is 1. The van der Waals surface area contributed by atoms with Crippen LogP contribution in [0.4, 0.5) is 14.9 Å². The molecule has 0 saturated carbocycles. The number of fused-ring (bicyclic) bond motifs is 1. The number of carbonyl (C=O) groups is 2. The fourth-order valence-corrected chi connectivity index (χ4v) is 4.13. The first kappa shape index (κ1) is 21.7.